The predicted octanol–water partition coefficient (Wildman–Crippen LogP) is 5.42. The quantitative estimate of drug-likeness (QED) is 0.606. The Morgan fingerprint density at radius 1 is 1.06 bits per heavy atom. The highest BCUT2D eigenvalue weighted by atomic mass is 35.5. The molecule has 0 unspecified atom stereocenters. The van der Waals surface area contributed by atoms with Crippen LogP contribution in [-0.4, -0.2) is 4.33 Å². The number of rotatable bonds is 1. The van der Waals surface area contributed by atoms with Crippen LogP contribution >= 0.6 is 46.4 Å². The van der Waals surface area contributed by atoms with Crippen LogP contribution < -0.4 is 0 Å². The van der Waals surface area contributed by atoms with Gasteiger partial charge in [0.2, 0.25) is 0 Å². The van der Waals surface area contributed by atoms with Gasteiger partial charge in [0.25, 0.3) is 0 Å². The molecule has 0 nitrogen and oxygen atoms in total. The smallest absolute Gasteiger partial charge is 0.0966 e. The van der Waals surface area contributed by atoms with E-state index in [0.717, 1.165) is 11.1 Å². The van der Waals surface area contributed by atoms with E-state index >= 15 is 0 Å². The Hall–Kier alpha value is -0.140. The molecule has 1 aliphatic carbocycles. The van der Waals surface area contributed by atoms with Crippen molar-refractivity contribution in [3.63, 3.8) is 0 Å². The topological polar surface area (TPSA) is 0 Å². The van der Waals surface area contributed by atoms with Crippen LogP contribution in [0.2, 0.25) is 5.02 Å². The molecule has 1 aliphatic rings. The molecule has 0 saturated heterocycles. The Labute approximate surface area is 114 Å². The van der Waals surface area contributed by atoms with Crippen molar-refractivity contribution < 1.29 is 0 Å². The van der Waals surface area contributed by atoms with Gasteiger partial charge in [-0.3, -0.25) is 0 Å². The van der Waals surface area contributed by atoms with E-state index in [1.807, 2.05) is 18.2 Å². The minimum Gasteiger partial charge on any atom is -0.0966 e. The molecule has 4 heteroatoms. The lowest BCUT2D eigenvalue weighted by Crippen LogP contribution is -2.12. The van der Waals surface area contributed by atoms with Crippen LogP contribution in [0.25, 0.3) is 5.57 Å². The molecule has 1 aromatic rings. The lowest BCUT2D eigenvalue weighted by atomic mass is 9.99. The van der Waals surface area contributed by atoms with Gasteiger partial charge in [0.05, 0.1) is 0 Å². The summed E-state index contributed by atoms with van der Waals surface area (Å²) in [6, 6.07) is 7.45. The molecule has 16 heavy (non-hydrogen) atoms. The Balaban J connectivity index is 2.51. The Morgan fingerprint density at radius 3 is 2.44 bits per heavy atom. The summed E-state index contributed by atoms with van der Waals surface area (Å²) in [5.41, 5.74) is 1.62. The molecule has 0 amide bonds. The third-order valence-corrected chi connectivity index (χ3v) is 3.54. The Morgan fingerprint density at radius 2 is 1.75 bits per heavy atom. The molecule has 0 bridgehead atoms. The van der Waals surface area contributed by atoms with E-state index < -0.39 is 4.33 Å². The molecule has 2 rings (SSSR count). The fourth-order valence-electron chi connectivity index (χ4n) is 1.56. The molecule has 0 spiro atoms. The van der Waals surface area contributed by atoms with Crippen molar-refractivity contribution in [2.24, 2.45) is 0 Å². The standard InChI is InChI=1S/C12H8Cl4/c13-10-4-2-1-3-8(10)9-7-12(15,16)6-5-11(9)14/h1-5,7H,6H2. The van der Waals surface area contributed by atoms with Crippen molar-refractivity contribution in [3.05, 3.63) is 52.0 Å². The second-order valence-electron chi connectivity index (χ2n) is 3.56. The van der Waals surface area contributed by atoms with E-state index in [0.29, 0.717) is 16.5 Å². The van der Waals surface area contributed by atoms with Crippen LogP contribution in [0.15, 0.2) is 41.4 Å². The summed E-state index contributed by atoms with van der Waals surface area (Å²) < 4.78 is -0.910. The summed E-state index contributed by atoms with van der Waals surface area (Å²) >= 11 is 24.4. The van der Waals surface area contributed by atoms with E-state index in [4.69, 9.17) is 46.4 Å². The normalized spacial score (nSPS) is 19.0. The summed E-state index contributed by atoms with van der Waals surface area (Å²) in [7, 11) is 0. The van der Waals surface area contributed by atoms with Gasteiger partial charge in [0.1, 0.15) is 4.33 Å². The number of hydrogen-bond acceptors (Lipinski definition) is 0. The molecule has 0 N–H and O–H groups in total. The number of alkyl halides is 2. The van der Waals surface area contributed by atoms with Gasteiger partial charge < -0.3 is 0 Å². The van der Waals surface area contributed by atoms with Crippen LogP contribution in [0.1, 0.15) is 12.0 Å². The van der Waals surface area contributed by atoms with Gasteiger partial charge in [-0.15, -0.1) is 0 Å². The van der Waals surface area contributed by atoms with Crippen LogP contribution in [0.3, 0.4) is 0 Å². The first-order valence-corrected chi connectivity index (χ1v) is 6.22. The SMILES string of the molecule is ClC1=CCC(Cl)(Cl)C=C1c1ccccc1Cl. The van der Waals surface area contributed by atoms with Gasteiger partial charge in [-0.1, -0.05) is 70.7 Å². The van der Waals surface area contributed by atoms with Crippen molar-refractivity contribution in [2.45, 2.75) is 10.8 Å². The molecule has 0 fully saturated rings. The zero-order valence-corrected chi connectivity index (χ0v) is 11.2. The lowest BCUT2D eigenvalue weighted by molar-refractivity contribution is 0.962. The first-order valence-electron chi connectivity index (χ1n) is 4.71. The Bertz CT molecular complexity index is 472. The summed E-state index contributed by atoms with van der Waals surface area (Å²) in [5, 5.41) is 1.26. The minimum atomic E-state index is -0.910. The second-order valence-corrected chi connectivity index (χ2v) is 5.91. The highest BCUT2D eigenvalue weighted by Gasteiger charge is 2.26. The first kappa shape index (κ1) is 12.3. The lowest BCUT2D eigenvalue weighted by Gasteiger charge is -2.21. The van der Waals surface area contributed by atoms with Crippen molar-refractivity contribution >= 4 is 52.0 Å². The van der Waals surface area contributed by atoms with E-state index in [-0.39, 0.29) is 0 Å². The van der Waals surface area contributed by atoms with Gasteiger partial charge in [-0.05, 0) is 12.1 Å². The van der Waals surface area contributed by atoms with Gasteiger partial charge in [-0.2, -0.15) is 0 Å². The molecule has 0 saturated carbocycles. The van der Waals surface area contributed by atoms with Gasteiger partial charge in [0, 0.05) is 27.6 Å². The zero-order chi connectivity index (χ0) is 11.8. The average molecular weight is 294 g/mol. The van der Waals surface area contributed by atoms with E-state index in [1.54, 1.807) is 18.2 Å². The molecule has 0 aliphatic heterocycles. The van der Waals surface area contributed by atoms with E-state index in [1.165, 1.54) is 0 Å². The summed E-state index contributed by atoms with van der Waals surface area (Å²) in [4.78, 5) is 0. The monoisotopic (exact) mass is 292 g/mol. The van der Waals surface area contributed by atoms with E-state index in [2.05, 4.69) is 0 Å². The van der Waals surface area contributed by atoms with Crippen LogP contribution in [0.5, 0.6) is 0 Å². The zero-order valence-electron chi connectivity index (χ0n) is 8.18. The molecule has 1 aromatic carbocycles. The van der Waals surface area contributed by atoms with Gasteiger partial charge in [-0.25, -0.2) is 0 Å². The number of allylic oxidation sites excluding steroid dienone is 4. The number of halogens is 4. The predicted molar refractivity (Wildman–Crippen MR) is 72.4 cm³/mol. The van der Waals surface area contributed by atoms with Crippen molar-refractivity contribution in [1.82, 2.24) is 0 Å². The average Bonchev–Trinajstić information content (AvgIpc) is 2.23. The van der Waals surface area contributed by atoms with Gasteiger partial charge >= 0.3 is 0 Å². The number of benzene rings is 1. The third-order valence-electron chi connectivity index (χ3n) is 2.33. The molecule has 0 heterocycles. The maximum Gasteiger partial charge on any atom is 0.140 e. The molecule has 0 radical (unpaired) electrons. The molecular formula is C12H8Cl4. The van der Waals surface area contributed by atoms with Gasteiger partial charge in [0.15, 0.2) is 0 Å². The van der Waals surface area contributed by atoms with Crippen molar-refractivity contribution in [2.75, 3.05) is 0 Å². The maximum atomic E-state index is 6.13. The largest absolute Gasteiger partial charge is 0.140 e. The van der Waals surface area contributed by atoms with Crippen LogP contribution in [-0.2, 0) is 0 Å². The fraction of sp³-hybridized carbons (Fsp3) is 0.167. The highest BCUT2D eigenvalue weighted by molar-refractivity contribution is 6.51. The minimum absolute atomic E-state index is 0.503. The van der Waals surface area contributed by atoms with E-state index in [9.17, 15) is 0 Å². The first-order chi connectivity index (χ1) is 7.49. The highest BCUT2D eigenvalue weighted by Crippen LogP contribution is 2.41. The fourth-order valence-corrected chi connectivity index (χ4v) is 2.40. The van der Waals surface area contributed by atoms with Crippen molar-refractivity contribution in [3.8, 4) is 0 Å². The molecule has 0 aromatic heterocycles. The summed E-state index contributed by atoms with van der Waals surface area (Å²) in [6.45, 7) is 0. The number of hydrogen-bond donors (Lipinski definition) is 0. The molecule has 0 atom stereocenters. The third kappa shape index (κ3) is 2.57. The molecule has 84 valence electrons. The molecular weight excluding hydrogens is 286 g/mol. The van der Waals surface area contributed by atoms with Crippen LogP contribution in [0, 0.1) is 0 Å². The van der Waals surface area contributed by atoms with Crippen molar-refractivity contribution in [1.29, 1.82) is 0 Å². The van der Waals surface area contributed by atoms with Crippen LogP contribution in [0.4, 0.5) is 0 Å². The Kier molecular flexibility index (Phi) is 3.56. The second kappa shape index (κ2) is 4.62. The summed E-state index contributed by atoms with van der Waals surface area (Å²) in [6.07, 6.45) is 4.04. The maximum absolute atomic E-state index is 6.13. The summed E-state index contributed by atoms with van der Waals surface area (Å²) in [5.74, 6) is 0.